The number of hydrogen-bond acceptors (Lipinski definition) is 3. The molecule has 0 saturated heterocycles. The van der Waals surface area contributed by atoms with Gasteiger partial charge < -0.3 is 10.1 Å². The van der Waals surface area contributed by atoms with Crippen LogP contribution in [0.1, 0.15) is 36.6 Å². The second-order valence-corrected chi connectivity index (χ2v) is 5.26. The van der Waals surface area contributed by atoms with Gasteiger partial charge in [-0.05, 0) is 37.1 Å². The van der Waals surface area contributed by atoms with Crippen molar-refractivity contribution in [1.82, 2.24) is 10.3 Å². The molecule has 1 aliphatic heterocycles. The Morgan fingerprint density at radius 1 is 1.25 bits per heavy atom. The summed E-state index contributed by atoms with van der Waals surface area (Å²) in [6, 6.07) is 14.7. The van der Waals surface area contributed by atoms with Crippen molar-refractivity contribution in [3.05, 3.63) is 59.9 Å². The Hall–Kier alpha value is -1.87. The molecule has 1 aromatic carbocycles. The van der Waals surface area contributed by atoms with Gasteiger partial charge in [0.25, 0.3) is 0 Å². The first-order chi connectivity index (χ1) is 9.84. The van der Waals surface area contributed by atoms with Gasteiger partial charge in [0.1, 0.15) is 5.75 Å². The van der Waals surface area contributed by atoms with Crippen LogP contribution in [-0.2, 0) is 0 Å². The number of pyridine rings is 1. The number of para-hydroxylation sites is 1. The number of benzene rings is 1. The summed E-state index contributed by atoms with van der Waals surface area (Å²) in [4.78, 5) is 4.40. The van der Waals surface area contributed by atoms with Gasteiger partial charge in [-0.1, -0.05) is 24.3 Å². The van der Waals surface area contributed by atoms with Gasteiger partial charge in [-0.3, -0.25) is 4.98 Å². The Kier molecular flexibility index (Phi) is 3.97. The van der Waals surface area contributed by atoms with Gasteiger partial charge >= 0.3 is 0 Å². The van der Waals surface area contributed by atoms with E-state index in [-0.39, 0.29) is 6.04 Å². The van der Waals surface area contributed by atoms with E-state index in [1.165, 1.54) is 5.56 Å². The third-order valence-electron chi connectivity index (χ3n) is 3.88. The van der Waals surface area contributed by atoms with Crippen LogP contribution in [0.25, 0.3) is 0 Å². The van der Waals surface area contributed by atoms with Gasteiger partial charge in [0.05, 0.1) is 12.3 Å². The SMILES string of the molecule is C[C@H](NCC1CCOc2ccccc21)c1ccccn1. The number of aromatic nitrogens is 1. The van der Waals surface area contributed by atoms with E-state index in [1.807, 2.05) is 24.4 Å². The standard InChI is InChI=1S/C17H20N2O/c1-13(16-7-4-5-10-18-16)19-12-14-9-11-20-17-8-3-2-6-15(14)17/h2-8,10,13-14,19H,9,11-12H2,1H3/t13-,14?/m0/s1. The van der Waals surface area contributed by atoms with Crippen LogP contribution in [0.5, 0.6) is 5.75 Å². The zero-order valence-corrected chi connectivity index (χ0v) is 11.8. The molecule has 0 aliphatic carbocycles. The molecule has 2 atom stereocenters. The van der Waals surface area contributed by atoms with Crippen molar-refractivity contribution in [3.63, 3.8) is 0 Å². The molecule has 0 radical (unpaired) electrons. The lowest BCUT2D eigenvalue weighted by atomic mass is 9.93. The van der Waals surface area contributed by atoms with Gasteiger partial charge in [-0.2, -0.15) is 0 Å². The second kappa shape index (κ2) is 6.06. The molecule has 0 spiro atoms. The topological polar surface area (TPSA) is 34.1 Å². The smallest absolute Gasteiger partial charge is 0.122 e. The van der Waals surface area contributed by atoms with Crippen LogP contribution in [0.15, 0.2) is 48.7 Å². The molecule has 2 aromatic rings. The molecule has 3 heteroatoms. The van der Waals surface area contributed by atoms with Gasteiger partial charge in [-0.25, -0.2) is 0 Å². The molecule has 0 amide bonds. The minimum absolute atomic E-state index is 0.270. The summed E-state index contributed by atoms with van der Waals surface area (Å²) in [5.74, 6) is 1.56. The molecule has 1 N–H and O–H groups in total. The monoisotopic (exact) mass is 268 g/mol. The van der Waals surface area contributed by atoms with Crippen LogP contribution in [0.2, 0.25) is 0 Å². The fraction of sp³-hybridized carbons (Fsp3) is 0.353. The Bertz CT molecular complexity index is 556. The molecule has 1 unspecified atom stereocenters. The predicted molar refractivity (Wildman–Crippen MR) is 79.9 cm³/mol. The van der Waals surface area contributed by atoms with Crippen LogP contribution in [0.3, 0.4) is 0 Å². The van der Waals surface area contributed by atoms with Crippen molar-refractivity contribution in [3.8, 4) is 5.75 Å². The van der Waals surface area contributed by atoms with E-state index in [0.717, 1.165) is 31.0 Å². The van der Waals surface area contributed by atoms with Crippen molar-refractivity contribution < 1.29 is 4.74 Å². The maximum Gasteiger partial charge on any atom is 0.122 e. The molecule has 3 nitrogen and oxygen atoms in total. The number of rotatable bonds is 4. The fourth-order valence-electron chi connectivity index (χ4n) is 2.68. The van der Waals surface area contributed by atoms with Gasteiger partial charge in [-0.15, -0.1) is 0 Å². The minimum Gasteiger partial charge on any atom is -0.493 e. The fourth-order valence-corrected chi connectivity index (χ4v) is 2.68. The number of nitrogens with one attached hydrogen (secondary N) is 1. The van der Waals surface area contributed by atoms with E-state index >= 15 is 0 Å². The van der Waals surface area contributed by atoms with E-state index < -0.39 is 0 Å². The van der Waals surface area contributed by atoms with E-state index in [2.05, 4.69) is 41.5 Å². The van der Waals surface area contributed by atoms with E-state index in [4.69, 9.17) is 4.74 Å². The van der Waals surface area contributed by atoms with E-state index in [1.54, 1.807) is 0 Å². The summed E-state index contributed by atoms with van der Waals surface area (Å²) in [5.41, 5.74) is 2.41. The normalized spacial score (nSPS) is 18.9. The number of fused-ring (bicyclic) bond motifs is 1. The molecule has 0 fully saturated rings. The zero-order valence-electron chi connectivity index (χ0n) is 11.8. The van der Waals surface area contributed by atoms with Crippen LogP contribution in [-0.4, -0.2) is 18.1 Å². The lowest BCUT2D eigenvalue weighted by Crippen LogP contribution is -2.28. The highest BCUT2D eigenvalue weighted by Crippen LogP contribution is 2.33. The molecule has 0 saturated carbocycles. The van der Waals surface area contributed by atoms with Crippen molar-refractivity contribution in [2.24, 2.45) is 0 Å². The minimum atomic E-state index is 0.270. The van der Waals surface area contributed by atoms with Crippen LogP contribution < -0.4 is 10.1 Å². The maximum atomic E-state index is 5.71. The summed E-state index contributed by atoms with van der Waals surface area (Å²) < 4.78 is 5.71. The summed E-state index contributed by atoms with van der Waals surface area (Å²) in [5, 5.41) is 3.59. The van der Waals surface area contributed by atoms with Crippen LogP contribution in [0, 0.1) is 0 Å². The Balaban J connectivity index is 1.65. The van der Waals surface area contributed by atoms with Crippen molar-refractivity contribution in [2.75, 3.05) is 13.2 Å². The molecule has 104 valence electrons. The molecule has 1 aliphatic rings. The quantitative estimate of drug-likeness (QED) is 0.924. The lowest BCUT2D eigenvalue weighted by molar-refractivity contribution is 0.262. The first kappa shape index (κ1) is 13.1. The maximum absolute atomic E-state index is 5.71. The summed E-state index contributed by atoms with van der Waals surface area (Å²) >= 11 is 0. The average molecular weight is 268 g/mol. The Morgan fingerprint density at radius 2 is 2.10 bits per heavy atom. The number of hydrogen-bond donors (Lipinski definition) is 1. The highest BCUT2D eigenvalue weighted by atomic mass is 16.5. The van der Waals surface area contributed by atoms with E-state index in [0.29, 0.717) is 5.92 Å². The molecule has 20 heavy (non-hydrogen) atoms. The molecular weight excluding hydrogens is 248 g/mol. The van der Waals surface area contributed by atoms with Crippen molar-refractivity contribution >= 4 is 0 Å². The van der Waals surface area contributed by atoms with Crippen molar-refractivity contribution in [2.45, 2.75) is 25.3 Å². The first-order valence-electron chi connectivity index (χ1n) is 7.20. The largest absolute Gasteiger partial charge is 0.493 e. The number of ether oxygens (including phenoxy) is 1. The first-order valence-corrected chi connectivity index (χ1v) is 7.20. The van der Waals surface area contributed by atoms with Crippen molar-refractivity contribution in [1.29, 1.82) is 0 Å². The Labute approximate surface area is 120 Å². The van der Waals surface area contributed by atoms with Crippen LogP contribution >= 0.6 is 0 Å². The summed E-state index contributed by atoms with van der Waals surface area (Å²) in [6.45, 7) is 3.92. The molecule has 0 bridgehead atoms. The summed E-state index contributed by atoms with van der Waals surface area (Å²) in [6.07, 6.45) is 2.91. The third-order valence-corrected chi connectivity index (χ3v) is 3.88. The van der Waals surface area contributed by atoms with Gasteiger partial charge in [0.2, 0.25) is 0 Å². The molecule has 1 aromatic heterocycles. The van der Waals surface area contributed by atoms with Gasteiger partial charge in [0, 0.05) is 24.7 Å². The van der Waals surface area contributed by atoms with E-state index in [9.17, 15) is 0 Å². The highest BCUT2D eigenvalue weighted by Gasteiger charge is 2.21. The van der Waals surface area contributed by atoms with Crippen LogP contribution in [0.4, 0.5) is 0 Å². The van der Waals surface area contributed by atoms with Gasteiger partial charge in [0.15, 0.2) is 0 Å². The molecular formula is C17H20N2O. The zero-order chi connectivity index (χ0) is 13.8. The highest BCUT2D eigenvalue weighted by molar-refractivity contribution is 5.37. The number of nitrogens with zero attached hydrogens (tertiary/aromatic N) is 1. The molecule has 3 rings (SSSR count). The lowest BCUT2D eigenvalue weighted by Gasteiger charge is -2.27. The Morgan fingerprint density at radius 3 is 2.95 bits per heavy atom. The average Bonchev–Trinajstić information content (AvgIpc) is 2.53. The third kappa shape index (κ3) is 2.83. The summed E-state index contributed by atoms with van der Waals surface area (Å²) in [7, 11) is 0. The second-order valence-electron chi connectivity index (χ2n) is 5.26. The predicted octanol–water partition coefficient (Wildman–Crippen LogP) is 3.30. The molecule has 2 heterocycles.